The van der Waals surface area contributed by atoms with Crippen LogP contribution < -0.4 is 5.56 Å². The molecule has 3 aromatic rings. The largest absolute Gasteiger partial charge is 0.416 e. The molecule has 0 saturated heterocycles. The van der Waals surface area contributed by atoms with E-state index in [-0.39, 0.29) is 17.8 Å². The van der Waals surface area contributed by atoms with Crippen LogP contribution in [0.3, 0.4) is 0 Å². The maximum absolute atomic E-state index is 13.1. The van der Waals surface area contributed by atoms with Gasteiger partial charge in [0.05, 0.1) is 5.56 Å². The van der Waals surface area contributed by atoms with Crippen LogP contribution in [0.4, 0.5) is 13.2 Å². The van der Waals surface area contributed by atoms with Gasteiger partial charge in [-0.1, -0.05) is 36.4 Å². The summed E-state index contributed by atoms with van der Waals surface area (Å²) in [5.74, 6) is -0.565. The minimum Gasteiger partial charge on any atom is -0.336 e. The summed E-state index contributed by atoms with van der Waals surface area (Å²) in [7, 11) is 1.39. The molecular formula is C19H15F3N2O2. The van der Waals surface area contributed by atoms with Crippen LogP contribution in [0.5, 0.6) is 0 Å². The number of fused-ring (bicyclic) bond motifs is 1. The Morgan fingerprint density at radius 3 is 2.46 bits per heavy atom. The maximum atomic E-state index is 13.1. The average Bonchev–Trinajstić information content (AvgIpc) is 2.60. The molecule has 0 aliphatic carbocycles. The highest BCUT2D eigenvalue weighted by molar-refractivity contribution is 5.96. The van der Waals surface area contributed by atoms with E-state index in [1.807, 2.05) is 0 Å². The standard InChI is InChI=1S/C19H15F3N2O2/c1-24(11-13-7-3-5-9-15(13)19(20,21)22)18(26)16-10-12-6-2-4-8-14(12)17(25)23-16/h2-10H,11H2,1H3,(H,23,25). The van der Waals surface area contributed by atoms with Gasteiger partial charge in [-0.2, -0.15) is 13.2 Å². The Hall–Kier alpha value is -3.09. The lowest BCUT2D eigenvalue weighted by Gasteiger charge is -2.20. The van der Waals surface area contributed by atoms with Gasteiger partial charge in [0.1, 0.15) is 5.69 Å². The first kappa shape index (κ1) is 17.7. The smallest absolute Gasteiger partial charge is 0.336 e. The summed E-state index contributed by atoms with van der Waals surface area (Å²) in [6.07, 6.45) is -4.50. The third-order valence-electron chi connectivity index (χ3n) is 4.06. The molecule has 0 saturated carbocycles. The highest BCUT2D eigenvalue weighted by atomic mass is 19.4. The van der Waals surface area contributed by atoms with Gasteiger partial charge in [-0.15, -0.1) is 0 Å². The molecule has 0 aliphatic rings. The van der Waals surface area contributed by atoms with Crippen LogP contribution in [0.25, 0.3) is 10.8 Å². The van der Waals surface area contributed by atoms with Gasteiger partial charge in [-0.3, -0.25) is 9.59 Å². The number of benzene rings is 2. The van der Waals surface area contributed by atoms with Crippen LogP contribution in [0.15, 0.2) is 59.4 Å². The maximum Gasteiger partial charge on any atom is 0.416 e. The van der Waals surface area contributed by atoms with E-state index in [9.17, 15) is 22.8 Å². The van der Waals surface area contributed by atoms with Gasteiger partial charge < -0.3 is 9.88 Å². The highest BCUT2D eigenvalue weighted by Crippen LogP contribution is 2.32. The number of hydrogen-bond acceptors (Lipinski definition) is 2. The zero-order chi connectivity index (χ0) is 18.9. The molecular weight excluding hydrogens is 345 g/mol. The summed E-state index contributed by atoms with van der Waals surface area (Å²) in [6, 6.07) is 13.4. The van der Waals surface area contributed by atoms with E-state index in [2.05, 4.69) is 4.98 Å². The van der Waals surface area contributed by atoms with E-state index in [0.717, 1.165) is 11.0 Å². The summed E-state index contributed by atoms with van der Waals surface area (Å²) in [4.78, 5) is 28.3. The van der Waals surface area contributed by atoms with Crippen LogP contribution in [0.2, 0.25) is 0 Å². The Balaban J connectivity index is 1.91. The lowest BCUT2D eigenvalue weighted by Crippen LogP contribution is -2.29. The first-order valence-electron chi connectivity index (χ1n) is 7.80. The number of aromatic amines is 1. The molecule has 0 atom stereocenters. The molecule has 7 heteroatoms. The zero-order valence-corrected chi connectivity index (χ0v) is 13.8. The number of halogens is 3. The molecule has 0 fully saturated rings. The van der Waals surface area contributed by atoms with Crippen molar-refractivity contribution < 1.29 is 18.0 Å². The summed E-state index contributed by atoms with van der Waals surface area (Å²) in [5, 5.41) is 1.03. The van der Waals surface area contributed by atoms with Crippen LogP contribution in [-0.2, 0) is 12.7 Å². The van der Waals surface area contributed by atoms with Crippen molar-refractivity contribution in [3.63, 3.8) is 0 Å². The molecule has 134 valence electrons. The topological polar surface area (TPSA) is 53.2 Å². The fourth-order valence-electron chi connectivity index (χ4n) is 2.79. The molecule has 0 aliphatic heterocycles. The van der Waals surface area contributed by atoms with E-state index >= 15 is 0 Å². The first-order chi connectivity index (χ1) is 12.3. The van der Waals surface area contributed by atoms with E-state index in [0.29, 0.717) is 10.8 Å². The zero-order valence-electron chi connectivity index (χ0n) is 13.8. The van der Waals surface area contributed by atoms with Gasteiger partial charge in [0.15, 0.2) is 0 Å². The number of rotatable bonds is 3. The first-order valence-corrected chi connectivity index (χ1v) is 7.80. The lowest BCUT2D eigenvalue weighted by molar-refractivity contribution is -0.138. The van der Waals surface area contributed by atoms with E-state index in [1.54, 1.807) is 24.3 Å². The second-order valence-electron chi connectivity index (χ2n) is 5.92. The third kappa shape index (κ3) is 3.46. The molecule has 1 N–H and O–H groups in total. The van der Waals surface area contributed by atoms with Crippen molar-refractivity contribution in [3.8, 4) is 0 Å². The second kappa shape index (κ2) is 6.67. The van der Waals surface area contributed by atoms with Gasteiger partial charge in [0, 0.05) is 19.0 Å². The van der Waals surface area contributed by atoms with Crippen molar-refractivity contribution in [1.82, 2.24) is 9.88 Å². The Morgan fingerprint density at radius 2 is 1.73 bits per heavy atom. The molecule has 1 heterocycles. The molecule has 1 amide bonds. The number of nitrogens with zero attached hydrogens (tertiary/aromatic N) is 1. The van der Waals surface area contributed by atoms with E-state index in [1.165, 1.54) is 31.3 Å². The van der Waals surface area contributed by atoms with Gasteiger partial charge in [-0.05, 0) is 29.1 Å². The number of H-pyrrole nitrogens is 1. The number of amides is 1. The van der Waals surface area contributed by atoms with Gasteiger partial charge in [0.2, 0.25) is 0 Å². The average molecular weight is 360 g/mol. The van der Waals surface area contributed by atoms with Crippen molar-refractivity contribution >= 4 is 16.7 Å². The third-order valence-corrected chi connectivity index (χ3v) is 4.06. The van der Waals surface area contributed by atoms with Gasteiger partial charge in [-0.25, -0.2) is 0 Å². The molecule has 0 bridgehead atoms. The van der Waals surface area contributed by atoms with E-state index < -0.39 is 23.2 Å². The van der Waals surface area contributed by atoms with Crippen molar-refractivity contribution in [3.05, 3.63) is 81.8 Å². The molecule has 3 rings (SSSR count). The van der Waals surface area contributed by atoms with Gasteiger partial charge >= 0.3 is 6.18 Å². The Morgan fingerprint density at radius 1 is 1.08 bits per heavy atom. The van der Waals surface area contributed by atoms with Crippen LogP contribution >= 0.6 is 0 Å². The van der Waals surface area contributed by atoms with Crippen molar-refractivity contribution in [2.45, 2.75) is 12.7 Å². The molecule has 0 radical (unpaired) electrons. The second-order valence-corrected chi connectivity index (χ2v) is 5.92. The lowest BCUT2D eigenvalue weighted by atomic mass is 10.1. The van der Waals surface area contributed by atoms with Crippen molar-refractivity contribution in [1.29, 1.82) is 0 Å². The SMILES string of the molecule is CN(Cc1ccccc1C(F)(F)F)C(=O)c1cc2ccccc2c(=O)[nH]1. The number of hydrogen-bond donors (Lipinski definition) is 1. The van der Waals surface area contributed by atoms with Gasteiger partial charge in [0.25, 0.3) is 11.5 Å². The Kier molecular flexibility index (Phi) is 4.54. The Labute approximate surface area is 146 Å². The minimum atomic E-state index is -4.50. The summed E-state index contributed by atoms with van der Waals surface area (Å²) in [6.45, 7) is -0.233. The molecule has 4 nitrogen and oxygen atoms in total. The predicted molar refractivity (Wildman–Crippen MR) is 91.8 cm³/mol. The summed E-state index contributed by atoms with van der Waals surface area (Å²) in [5.41, 5.74) is -1.19. The molecule has 1 aromatic heterocycles. The molecule has 0 unspecified atom stereocenters. The minimum absolute atomic E-state index is 0.0148. The van der Waals surface area contributed by atoms with Crippen molar-refractivity contribution in [2.75, 3.05) is 7.05 Å². The normalized spacial score (nSPS) is 11.5. The van der Waals surface area contributed by atoms with Crippen molar-refractivity contribution in [2.24, 2.45) is 0 Å². The van der Waals surface area contributed by atoms with Crippen LogP contribution in [0, 0.1) is 0 Å². The fourth-order valence-corrected chi connectivity index (χ4v) is 2.79. The van der Waals surface area contributed by atoms with E-state index in [4.69, 9.17) is 0 Å². The molecule has 2 aromatic carbocycles. The number of carbonyl (C=O) groups is 1. The monoisotopic (exact) mass is 360 g/mol. The molecule has 26 heavy (non-hydrogen) atoms. The number of pyridine rings is 1. The predicted octanol–water partition coefficient (Wildman–Crippen LogP) is 3.82. The number of alkyl halides is 3. The molecule has 0 spiro atoms. The van der Waals surface area contributed by atoms with Crippen LogP contribution in [-0.4, -0.2) is 22.8 Å². The number of aromatic nitrogens is 1. The summed E-state index contributed by atoms with van der Waals surface area (Å²) < 4.78 is 39.3. The quantitative estimate of drug-likeness (QED) is 0.772. The summed E-state index contributed by atoms with van der Waals surface area (Å²) >= 11 is 0. The van der Waals surface area contributed by atoms with Crippen LogP contribution in [0.1, 0.15) is 21.6 Å². The number of carbonyl (C=O) groups excluding carboxylic acids is 1. The number of nitrogens with one attached hydrogen (secondary N) is 1. The fraction of sp³-hybridized carbons (Fsp3) is 0.158. The Bertz CT molecular complexity index is 1020. The highest BCUT2D eigenvalue weighted by Gasteiger charge is 2.33.